The highest BCUT2D eigenvalue weighted by Crippen LogP contribution is 2.31. The number of nitrogens with zero attached hydrogens (tertiary/aromatic N) is 1. The number of anilines is 1. The van der Waals surface area contributed by atoms with E-state index >= 15 is 0 Å². The third-order valence-corrected chi connectivity index (χ3v) is 6.60. The van der Waals surface area contributed by atoms with Crippen LogP contribution >= 0.6 is 0 Å². The second kappa shape index (κ2) is 8.05. The fraction of sp³-hybridized carbons (Fsp3) is 0.348. The SMILES string of the molecule is CC(C)(C)c1ccc([C@@]2(C)NC(=O)N(CC(=O)Nc3ccc(S(C)(=O)=O)cc3)C2=O)cc1. The van der Waals surface area contributed by atoms with Crippen LogP contribution in [0.3, 0.4) is 0 Å². The van der Waals surface area contributed by atoms with Gasteiger partial charge in [0.15, 0.2) is 9.84 Å². The van der Waals surface area contributed by atoms with Crippen molar-refractivity contribution in [2.75, 3.05) is 18.1 Å². The van der Waals surface area contributed by atoms with E-state index < -0.39 is 39.8 Å². The molecule has 0 unspecified atom stereocenters. The van der Waals surface area contributed by atoms with Gasteiger partial charge < -0.3 is 10.6 Å². The maximum Gasteiger partial charge on any atom is 0.325 e. The molecule has 1 fully saturated rings. The molecule has 1 aliphatic rings. The lowest BCUT2D eigenvalue weighted by atomic mass is 9.84. The molecule has 0 aliphatic carbocycles. The molecule has 1 aliphatic heterocycles. The number of rotatable bonds is 5. The maximum atomic E-state index is 13.1. The van der Waals surface area contributed by atoms with E-state index in [1.807, 2.05) is 24.3 Å². The predicted molar refractivity (Wildman–Crippen MR) is 121 cm³/mol. The van der Waals surface area contributed by atoms with Crippen LogP contribution in [0.2, 0.25) is 0 Å². The summed E-state index contributed by atoms with van der Waals surface area (Å²) in [6.07, 6.45) is 1.09. The van der Waals surface area contributed by atoms with Gasteiger partial charge in [-0.25, -0.2) is 13.2 Å². The van der Waals surface area contributed by atoms with Crippen molar-refractivity contribution >= 4 is 33.4 Å². The van der Waals surface area contributed by atoms with Crippen LogP contribution in [0.4, 0.5) is 10.5 Å². The molecular formula is C23H27N3O5S. The molecule has 1 heterocycles. The molecule has 0 saturated carbocycles. The van der Waals surface area contributed by atoms with Crippen LogP contribution in [0.25, 0.3) is 0 Å². The van der Waals surface area contributed by atoms with E-state index in [0.717, 1.165) is 16.7 Å². The molecule has 170 valence electrons. The Bertz CT molecular complexity index is 1170. The molecular weight excluding hydrogens is 430 g/mol. The van der Waals surface area contributed by atoms with Crippen molar-refractivity contribution in [1.29, 1.82) is 0 Å². The Kier molecular flexibility index (Phi) is 5.90. The summed E-state index contributed by atoms with van der Waals surface area (Å²) in [5, 5.41) is 5.26. The molecule has 32 heavy (non-hydrogen) atoms. The number of imide groups is 1. The third kappa shape index (κ3) is 4.67. The summed E-state index contributed by atoms with van der Waals surface area (Å²) in [7, 11) is -3.35. The lowest BCUT2D eigenvalue weighted by Gasteiger charge is -2.24. The largest absolute Gasteiger partial charge is 0.325 e. The van der Waals surface area contributed by atoms with Crippen molar-refractivity contribution in [3.63, 3.8) is 0 Å². The van der Waals surface area contributed by atoms with E-state index in [1.165, 1.54) is 24.3 Å². The number of urea groups is 1. The van der Waals surface area contributed by atoms with Crippen molar-refractivity contribution in [2.45, 2.75) is 43.5 Å². The van der Waals surface area contributed by atoms with Gasteiger partial charge in [-0.2, -0.15) is 0 Å². The third-order valence-electron chi connectivity index (χ3n) is 5.47. The van der Waals surface area contributed by atoms with Crippen molar-refractivity contribution in [3.05, 3.63) is 59.7 Å². The monoisotopic (exact) mass is 457 g/mol. The molecule has 4 amide bonds. The molecule has 3 rings (SSSR count). The normalized spacial score (nSPS) is 19.1. The van der Waals surface area contributed by atoms with E-state index in [0.29, 0.717) is 11.3 Å². The number of hydrogen-bond donors (Lipinski definition) is 2. The van der Waals surface area contributed by atoms with Crippen LogP contribution in [-0.4, -0.2) is 44.0 Å². The second-order valence-corrected chi connectivity index (χ2v) is 11.1. The Balaban J connectivity index is 1.72. The van der Waals surface area contributed by atoms with Crippen LogP contribution in [0.1, 0.15) is 38.8 Å². The molecule has 1 saturated heterocycles. The molecule has 1 atom stereocenters. The van der Waals surface area contributed by atoms with Crippen molar-refractivity contribution in [3.8, 4) is 0 Å². The number of amides is 4. The van der Waals surface area contributed by atoms with Gasteiger partial charge in [0.1, 0.15) is 12.1 Å². The summed E-state index contributed by atoms with van der Waals surface area (Å²) in [5.41, 5.74) is 0.759. The minimum atomic E-state index is -3.35. The average Bonchev–Trinajstić information content (AvgIpc) is 2.91. The van der Waals surface area contributed by atoms with E-state index in [-0.39, 0.29) is 10.3 Å². The Morgan fingerprint density at radius 3 is 2.09 bits per heavy atom. The van der Waals surface area contributed by atoms with Gasteiger partial charge in [0.2, 0.25) is 5.91 Å². The summed E-state index contributed by atoms with van der Waals surface area (Å²) < 4.78 is 23.1. The summed E-state index contributed by atoms with van der Waals surface area (Å²) in [4.78, 5) is 39.0. The zero-order valence-corrected chi connectivity index (χ0v) is 19.5. The Morgan fingerprint density at radius 1 is 1.03 bits per heavy atom. The van der Waals surface area contributed by atoms with Gasteiger partial charge in [0, 0.05) is 11.9 Å². The Morgan fingerprint density at radius 2 is 1.59 bits per heavy atom. The van der Waals surface area contributed by atoms with Gasteiger partial charge in [-0.3, -0.25) is 14.5 Å². The van der Waals surface area contributed by atoms with Crippen LogP contribution < -0.4 is 10.6 Å². The fourth-order valence-corrected chi connectivity index (χ4v) is 4.10. The van der Waals surface area contributed by atoms with Gasteiger partial charge in [-0.05, 0) is 47.7 Å². The molecule has 0 spiro atoms. The summed E-state index contributed by atoms with van der Waals surface area (Å²) >= 11 is 0. The first-order valence-corrected chi connectivity index (χ1v) is 12.0. The standard InChI is InChI=1S/C23H27N3O5S/c1-22(2,3)15-6-8-16(9-7-15)23(4)20(28)26(21(29)25-23)14-19(27)24-17-10-12-18(13-11-17)32(5,30)31/h6-13H,14H2,1-5H3,(H,24,27)(H,25,29)/t23-/m1/s1. The van der Waals surface area contributed by atoms with Crippen molar-refractivity contribution in [1.82, 2.24) is 10.2 Å². The lowest BCUT2D eigenvalue weighted by molar-refractivity contribution is -0.133. The van der Waals surface area contributed by atoms with E-state index in [1.54, 1.807) is 6.92 Å². The van der Waals surface area contributed by atoms with Gasteiger partial charge in [-0.1, -0.05) is 45.0 Å². The predicted octanol–water partition coefficient (Wildman–Crippen LogP) is 2.79. The highest BCUT2D eigenvalue weighted by molar-refractivity contribution is 7.90. The fourth-order valence-electron chi connectivity index (χ4n) is 3.47. The topological polar surface area (TPSA) is 113 Å². The number of hydrogen-bond acceptors (Lipinski definition) is 5. The Hall–Kier alpha value is -3.20. The molecule has 2 aromatic rings. The van der Waals surface area contributed by atoms with Crippen molar-refractivity contribution in [2.24, 2.45) is 0 Å². The minimum Gasteiger partial charge on any atom is -0.325 e. The van der Waals surface area contributed by atoms with Crippen LogP contribution in [0.15, 0.2) is 53.4 Å². The molecule has 8 nitrogen and oxygen atoms in total. The van der Waals surface area contributed by atoms with E-state index in [9.17, 15) is 22.8 Å². The smallest absolute Gasteiger partial charge is 0.325 e. The van der Waals surface area contributed by atoms with Gasteiger partial charge >= 0.3 is 6.03 Å². The summed E-state index contributed by atoms with van der Waals surface area (Å²) in [6, 6.07) is 12.5. The minimum absolute atomic E-state index is 0.0496. The first-order valence-electron chi connectivity index (χ1n) is 10.1. The molecule has 2 aromatic carbocycles. The average molecular weight is 458 g/mol. The first kappa shape index (κ1) is 23.5. The van der Waals surface area contributed by atoms with Crippen LogP contribution in [-0.2, 0) is 30.4 Å². The highest BCUT2D eigenvalue weighted by Gasteiger charge is 2.49. The second-order valence-electron chi connectivity index (χ2n) is 9.12. The highest BCUT2D eigenvalue weighted by atomic mass is 32.2. The van der Waals surface area contributed by atoms with Crippen LogP contribution in [0.5, 0.6) is 0 Å². The first-order chi connectivity index (χ1) is 14.7. The van der Waals surface area contributed by atoms with E-state index in [2.05, 4.69) is 31.4 Å². The number of sulfone groups is 1. The molecule has 0 bridgehead atoms. The quantitative estimate of drug-likeness (QED) is 0.671. The van der Waals surface area contributed by atoms with Crippen molar-refractivity contribution < 1.29 is 22.8 Å². The zero-order valence-electron chi connectivity index (χ0n) is 18.7. The van der Waals surface area contributed by atoms with Gasteiger partial charge in [0.25, 0.3) is 5.91 Å². The molecule has 2 N–H and O–H groups in total. The summed E-state index contributed by atoms with van der Waals surface area (Å²) in [6.45, 7) is 7.40. The molecule has 9 heteroatoms. The zero-order chi connectivity index (χ0) is 23.9. The number of nitrogens with one attached hydrogen (secondary N) is 2. The maximum absolute atomic E-state index is 13.1. The molecule has 0 radical (unpaired) electrons. The Labute approximate surface area is 187 Å². The van der Waals surface area contributed by atoms with Crippen LogP contribution in [0, 0.1) is 0 Å². The summed E-state index contributed by atoms with van der Waals surface area (Å²) in [5.74, 6) is -1.10. The number of carbonyl (C=O) groups is 3. The number of benzene rings is 2. The molecule has 0 aromatic heterocycles. The van der Waals surface area contributed by atoms with Gasteiger partial charge in [0.05, 0.1) is 4.90 Å². The van der Waals surface area contributed by atoms with Gasteiger partial charge in [-0.15, -0.1) is 0 Å². The van der Waals surface area contributed by atoms with E-state index in [4.69, 9.17) is 0 Å². The number of carbonyl (C=O) groups excluding carboxylic acids is 3. The lowest BCUT2D eigenvalue weighted by Crippen LogP contribution is -2.42.